The Kier molecular flexibility index (Phi) is 5.47. The lowest BCUT2D eigenvalue weighted by molar-refractivity contribution is -0.116. The Bertz CT molecular complexity index is 694. The van der Waals surface area contributed by atoms with Crippen molar-refractivity contribution in [3.05, 3.63) is 24.3 Å². The summed E-state index contributed by atoms with van der Waals surface area (Å²) in [7, 11) is -3.82. The topological polar surface area (TPSA) is 111 Å². The van der Waals surface area contributed by atoms with Crippen LogP contribution in [0.5, 0.6) is 0 Å². The maximum absolute atomic E-state index is 12.5. The minimum absolute atomic E-state index is 0.0236. The molecule has 0 aromatic heterocycles. The smallest absolute Gasteiger partial charge is 0.253 e. The van der Waals surface area contributed by atoms with Gasteiger partial charge < -0.3 is 10.2 Å². The molecule has 1 aliphatic rings. The van der Waals surface area contributed by atoms with Crippen molar-refractivity contribution in [1.29, 1.82) is 0 Å². The molecule has 2 rings (SSSR count). The highest BCUT2D eigenvalue weighted by molar-refractivity contribution is 7.89. The van der Waals surface area contributed by atoms with E-state index in [0.717, 1.165) is 4.31 Å². The van der Waals surface area contributed by atoms with E-state index in [2.05, 4.69) is 5.10 Å². The lowest BCUT2D eigenvalue weighted by atomic mass is 10.3. The average molecular weight is 341 g/mol. The molecule has 1 amide bonds. The van der Waals surface area contributed by atoms with Crippen molar-refractivity contribution >= 4 is 27.3 Å². The van der Waals surface area contributed by atoms with Gasteiger partial charge in [-0.05, 0) is 31.2 Å². The molecular weight excluding hydrogens is 322 g/mol. The van der Waals surface area contributed by atoms with Crippen molar-refractivity contribution < 1.29 is 23.4 Å². The van der Waals surface area contributed by atoms with E-state index in [1.54, 1.807) is 6.92 Å². The minimum atomic E-state index is -3.82. The van der Waals surface area contributed by atoms with E-state index in [1.807, 2.05) is 0 Å². The summed E-state index contributed by atoms with van der Waals surface area (Å²) in [5, 5.41) is 23.3. The number of rotatable bonds is 7. The Morgan fingerprint density at radius 1 is 1.17 bits per heavy atom. The van der Waals surface area contributed by atoms with Crippen molar-refractivity contribution in [2.45, 2.75) is 18.2 Å². The molecule has 9 heteroatoms. The first-order valence-electron chi connectivity index (χ1n) is 7.09. The van der Waals surface area contributed by atoms with Gasteiger partial charge in [0.25, 0.3) is 5.91 Å². The first-order valence-corrected chi connectivity index (χ1v) is 8.53. The van der Waals surface area contributed by atoms with Gasteiger partial charge in [0.05, 0.1) is 30.2 Å². The largest absolute Gasteiger partial charge is 0.395 e. The lowest BCUT2D eigenvalue weighted by Crippen LogP contribution is -2.35. The van der Waals surface area contributed by atoms with Crippen LogP contribution in [0.25, 0.3) is 0 Å². The van der Waals surface area contributed by atoms with Crippen molar-refractivity contribution in [3.8, 4) is 0 Å². The summed E-state index contributed by atoms with van der Waals surface area (Å²) in [6, 6.07) is 5.76. The molecule has 1 aromatic rings. The number of hydrogen-bond acceptors (Lipinski definition) is 6. The van der Waals surface area contributed by atoms with E-state index in [4.69, 9.17) is 10.2 Å². The predicted molar refractivity (Wildman–Crippen MR) is 84.6 cm³/mol. The second kappa shape index (κ2) is 7.18. The minimum Gasteiger partial charge on any atom is -0.395 e. The molecule has 0 saturated carbocycles. The van der Waals surface area contributed by atoms with Gasteiger partial charge in [-0.3, -0.25) is 4.79 Å². The molecule has 126 valence electrons. The monoisotopic (exact) mass is 341 g/mol. The van der Waals surface area contributed by atoms with Crippen LogP contribution < -0.4 is 5.01 Å². The summed E-state index contributed by atoms with van der Waals surface area (Å²) < 4.78 is 25.9. The highest BCUT2D eigenvalue weighted by atomic mass is 32.2. The zero-order valence-corrected chi connectivity index (χ0v) is 13.5. The van der Waals surface area contributed by atoms with Crippen LogP contribution in [0, 0.1) is 0 Å². The summed E-state index contributed by atoms with van der Waals surface area (Å²) in [4.78, 5) is 11.8. The van der Waals surface area contributed by atoms with E-state index < -0.39 is 10.0 Å². The van der Waals surface area contributed by atoms with Crippen LogP contribution in [0.4, 0.5) is 5.69 Å². The maximum atomic E-state index is 12.5. The summed E-state index contributed by atoms with van der Waals surface area (Å²) in [6.07, 6.45) is 0.251. The second-order valence-electron chi connectivity index (χ2n) is 5.06. The molecule has 2 N–H and O–H groups in total. The molecule has 1 aliphatic heterocycles. The van der Waals surface area contributed by atoms with Gasteiger partial charge in [-0.25, -0.2) is 13.4 Å². The first-order chi connectivity index (χ1) is 10.9. The predicted octanol–water partition coefficient (Wildman–Crippen LogP) is -0.226. The van der Waals surface area contributed by atoms with Crippen molar-refractivity contribution in [1.82, 2.24) is 4.31 Å². The third kappa shape index (κ3) is 3.75. The van der Waals surface area contributed by atoms with E-state index in [1.165, 1.54) is 29.3 Å². The Morgan fingerprint density at radius 3 is 2.17 bits per heavy atom. The summed E-state index contributed by atoms with van der Waals surface area (Å²) >= 11 is 0. The van der Waals surface area contributed by atoms with Crippen LogP contribution in [0.15, 0.2) is 34.3 Å². The zero-order valence-electron chi connectivity index (χ0n) is 12.7. The van der Waals surface area contributed by atoms with E-state index >= 15 is 0 Å². The molecule has 0 spiro atoms. The van der Waals surface area contributed by atoms with Crippen LogP contribution in [0.1, 0.15) is 13.3 Å². The van der Waals surface area contributed by atoms with Gasteiger partial charge in [0.2, 0.25) is 10.0 Å². The zero-order chi connectivity index (χ0) is 17.0. The molecule has 0 atom stereocenters. The number of benzene rings is 1. The van der Waals surface area contributed by atoms with Crippen LogP contribution in [0.3, 0.4) is 0 Å². The number of amides is 1. The Balaban J connectivity index is 2.26. The fourth-order valence-electron chi connectivity index (χ4n) is 2.24. The third-order valence-corrected chi connectivity index (χ3v) is 5.24. The molecule has 23 heavy (non-hydrogen) atoms. The van der Waals surface area contributed by atoms with Gasteiger partial charge in [0, 0.05) is 18.8 Å². The number of carbonyl (C=O) groups is 1. The number of hydrazone groups is 1. The second-order valence-corrected chi connectivity index (χ2v) is 7.00. The summed E-state index contributed by atoms with van der Waals surface area (Å²) in [5.41, 5.74) is 1.19. The quantitative estimate of drug-likeness (QED) is 0.712. The number of sulfonamides is 1. The number of aliphatic hydroxyl groups is 2. The molecule has 8 nitrogen and oxygen atoms in total. The fraction of sp³-hybridized carbons (Fsp3) is 0.429. The van der Waals surface area contributed by atoms with Gasteiger partial charge in [-0.2, -0.15) is 9.41 Å². The number of hydrogen-bond donors (Lipinski definition) is 2. The van der Waals surface area contributed by atoms with Crippen molar-refractivity contribution in [2.75, 3.05) is 31.3 Å². The number of anilines is 1. The van der Waals surface area contributed by atoms with Crippen LogP contribution in [0.2, 0.25) is 0 Å². The average Bonchev–Trinajstić information content (AvgIpc) is 2.86. The number of carbonyl (C=O) groups excluding carboxylic acids is 1. The first kappa shape index (κ1) is 17.5. The van der Waals surface area contributed by atoms with E-state index in [0.29, 0.717) is 11.4 Å². The molecule has 0 fully saturated rings. The van der Waals surface area contributed by atoms with Crippen molar-refractivity contribution in [2.24, 2.45) is 5.10 Å². The van der Waals surface area contributed by atoms with Crippen LogP contribution >= 0.6 is 0 Å². The van der Waals surface area contributed by atoms with Gasteiger partial charge in [0.1, 0.15) is 0 Å². The molecule has 0 aliphatic carbocycles. The van der Waals surface area contributed by atoms with Gasteiger partial charge >= 0.3 is 0 Å². The normalized spacial score (nSPS) is 15.4. The van der Waals surface area contributed by atoms with Gasteiger partial charge in [-0.15, -0.1) is 0 Å². The molecule has 1 aromatic carbocycles. The SMILES string of the molecule is CC1=NN(c2ccc(S(=O)(=O)N(CCO)CCO)cc2)C(=O)C1. The number of aliphatic hydroxyl groups excluding tert-OH is 2. The fourth-order valence-corrected chi connectivity index (χ4v) is 3.66. The van der Waals surface area contributed by atoms with Crippen molar-refractivity contribution in [3.63, 3.8) is 0 Å². The highest BCUT2D eigenvalue weighted by Crippen LogP contribution is 2.23. The molecule has 0 unspecified atom stereocenters. The Morgan fingerprint density at radius 2 is 1.74 bits per heavy atom. The van der Waals surface area contributed by atoms with E-state index in [9.17, 15) is 13.2 Å². The van der Waals surface area contributed by atoms with Crippen LogP contribution in [-0.4, -0.2) is 60.9 Å². The maximum Gasteiger partial charge on any atom is 0.253 e. The molecule has 0 saturated heterocycles. The van der Waals surface area contributed by atoms with Gasteiger partial charge in [-0.1, -0.05) is 0 Å². The summed E-state index contributed by atoms with van der Waals surface area (Å²) in [5.74, 6) is -0.166. The molecular formula is C14H19N3O5S. The van der Waals surface area contributed by atoms with Crippen LogP contribution in [-0.2, 0) is 14.8 Å². The third-order valence-electron chi connectivity index (χ3n) is 3.33. The number of nitrogens with zero attached hydrogens (tertiary/aromatic N) is 3. The van der Waals surface area contributed by atoms with E-state index in [-0.39, 0.29) is 43.5 Å². The Labute approximate surface area is 134 Å². The molecule has 1 heterocycles. The molecule has 0 radical (unpaired) electrons. The highest BCUT2D eigenvalue weighted by Gasteiger charge is 2.26. The lowest BCUT2D eigenvalue weighted by Gasteiger charge is -2.20. The van der Waals surface area contributed by atoms with Gasteiger partial charge in [0.15, 0.2) is 0 Å². The standard InChI is InChI=1S/C14H19N3O5S/c1-11-10-14(20)17(15-11)12-2-4-13(5-3-12)23(21,22)16(6-8-18)7-9-19/h2-5,18-19H,6-10H2,1H3. The summed E-state index contributed by atoms with van der Waals surface area (Å²) in [6.45, 7) is 0.872. The molecule has 0 bridgehead atoms. The Hall–Kier alpha value is -1.81.